The van der Waals surface area contributed by atoms with Gasteiger partial charge in [-0.1, -0.05) is 121 Å². The lowest BCUT2D eigenvalue weighted by atomic mass is 9.58. The highest BCUT2D eigenvalue weighted by Crippen LogP contribution is 2.47. The minimum absolute atomic E-state index is 0.448. The predicted octanol–water partition coefficient (Wildman–Crippen LogP) is 6.05. The molecule has 192 valence electrons. The SMILES string of the molecule is O=C1C2(Cc3ccccc3)CN(Cc3ccccc3)CC1(Cc1ccccc1)CN(Cc1ccccc1)C2. The lowest BCUT2D eigenvalue weighted by Crippen LogP contribution is -2.70. The van der Waals surface area contributed by atoms with Gasteiger partial charge in [0.2, 0.25) is 0 Å². The van der Waals surface area contributed by atoms with Crippen LogP contribution in [-0.4, -0.2) is 41.8 Å². The third kappa shape index (κ3) is 5.22. The fourth-order valence-corrected chi connectivity index (χ4v) is 7.04. The molecule has 0 unspecified atom stereocenters. The summed E-state index contributed by atoms with van der Waals surface area (Å²) >= 11 is 0. The van der Waals surface area contributed by atoms with Gasteiger partial charge in [-0.15, -0.1) is 0 Å². The molecule has 2 bridgehead atoms. The molecular formula is C35H36N2O. The molecule has 0 amide bonds. The van der Waals surface area contributed by atoms with Crippen LogP contribution in [0, 0.1) is 10.8 Å². The maximum atomic E-state index is 14.8. The van der Waals surface area contributed by atoms with Gasteiger partial charge in [0, 0.05) is 39.3 Å². The summed E-state index contributed by atoms with van der Waals surface area (Å²) in [5.41, 5.74) is 4.22. The second kappa shape index (κ2) is 10.7. The first-order chi connectivity index (χ1) is 18.6. The number of carbonyl (C=O) groups excluding carboxylic acids is 1. The average Bonchev–Trinajstić information content (AvgIpc) is 2.93. The molecule has 6 rings (SSSR count). The molecule has 0 N–H and O–H groups in total. The van der Waals surface area contributed by atoms with E-state index in [0.717, 1.165) is 52.1 Å². The molecule has 2 fully saturated rings. The lowest BCUT2D eigenvalue weighted by molar-refractivity contribution is -0.162. The summed E-state index contributed by atoms with van der Waals surface area (Å²) in [5, 5.41) is 0. The van der Waals surface area contributed by atoms with Crippen molar-refractivity contribution < 1.29 is 4.79 Å². The largest absolute Gasteiger partial charge is 0.298 e. The van der Waals surface area contributed by atoms with Crippen LogP contribution < -0.4 is 0 Å². The minimum atomic E-state index is -0.448. The summed E-state index contributed by atoms with van der Waals surface area (Å²) in [4.78, 5) is 19.9. The molecular weight excluding hydrogens is 464 g/mol. The van der Waals surface area contributed by atoms with Crippen molar-refractivity contribution in [2.75, 3.05) is 26.2 Å². The van der Waals surface area contributed by atoms with E-state index in [2.05, 4.69) is 131 Å². The number of likely N-dealkylation sites (tertiary alicyclic amines) is 2. The third-order valence-corrected chi connectivity index (χ3v) is 8.34. The normalized spacial score (nSPS) is 23.8. The number of rotatable bonds is 8. The molecule has 0 saturated carbocycles. The molecule has 0 radical (unpaired) electrons. The van der Waals surface area contributed by atoms with Crippen molar-refractivity contribution in [1.29, 1.82) is 0 Å². The van der Waals surface area contributed by atoms with Crippen LogP contribution in [0.5, 0.6) is 0 Å². The number of Topliss-reactive ketones (excluding diaryl/α,β-unsaturated/α-hetero) is 1. The van der Waals surface area contributed by atoms with Crippen molar-refractivity contribution in [3.05, 3.63) is 144 Å². The number of hydrogen-bond acceptors (Lipinski definition) is 3. The predicted molar refractivity (Wildman–Crippen MR) is 154 cm³/mol. The van der Waals surface area contributed by atoms with Gasteiger partial charge in [-0.05, 0) is 35.1 Å². The van der Waals surface area contributed by atoms with Gasteiger partial charge in [-0.2, -0.15) is 0 Å². The zero-order chi connectivity index (χ0) is 25.8. The first kappa shape index (κ1) is 24.8. The van der Waals surface area contributed by atoms with Gasteiger partial charge in [0.15, 0.2) is 5.78 Å². The van der Waals surface area contributed by atoms with Crippen LogP contribution in [0.25, 0.3) is 0 Å². The molecule has 4 aromatic rings. The Morgan fingerprint density at radius 3 is 1.05 bits per heavy atom. The standard InChI is InChI=1S/C35H36N2O/c38-33-34(21-29-13-5-1-6-14-29)25-36(23-31-17-9-3-10-18-31)27-35(33,22-30-15-7-2-8-16-30)28-37(26-34)24-32-19-11-4-12-20-32/h1-20H,21-28H2. The van der Waals surface area contributed by atoms with Crippen molar-refractivity contribution in [3.8, 4) is 0 Å². The van der Waals surface area contributed by atoms with E-state index >= 15 is 0 Å². The summed E-state index contributed by atoms with van der Waals surface area (Å²) in [6, 6.07) is 42.7. The second-order valence-corrected chi connectivity index (χ2v) is 11.5. The summed E-state index contributed by atoms with van der Waals surface area (Å²) in [6.07, 6.45) is 1.56. The Labute approximate surface area is 226 Å². The van der Waals surface area contributed by atoms with E-state index in [9.17, 15) is 4.79 Å². The molecule has 0 spiro atoms. The van der Waals surface area contributed by atoms with Crippen LogP contribution in [0.15, 0.2) is 121 Å². The number of ketones is 1. The third-order valence-electron chi connectivity index (χ3n) is 8.34. The Kier molecular flexibility index (Phi) is 6.97. The molecule has 4 aromatic carbocycles. The van der Waals surface area contributed by atoms with Gasteiger partial charge < -0.3 is 0 Å². The van der Waals surface area contributed by atoms with Crippen molar-refractivity contribution in [2.24, 2.45) is 10.8 Å². The topological polar surface area (TPSA) is 23.6 Å². The quantitative estimate of drug-likeness (QED) is 0.294. The maximum Gasteiger partial charge on any atom is 0.150 e. The van der Waals surface area contributed by atoms with Crippen molar-refractivity contribution in [1.82, 2.24) is 9.80 Å². The Morgan fingerprint density at radius 1 is 0.447 bits per heavy atom. The van der Waals surface area contributed by atoms with Gasteiger partial charge in [0.25, 0.3) is 0 Å². The molecule has 38 heavy (non-hydrogen) atoms. The minimum Gasteiger partial charge on any atom is -0.298 e. The van der Waals surface area contributed by atoms with Crippen LogP contribution in [-0.2, 0) is 30.7 Å². The van der Waals surface area contributed by atoms with Gasteiger partial charge in [-0.3, -0.25) is 14.6 Å². The first-order valence-electron chi connectivity index (χ1n) is 13.8. The fraction of sp³-hybridized carbons (Fsp3) is 0.286. The molecule has 2 saturated heterocycles. The van der Waals surface area contributed by atoms with Gasteiger partial charge in [0.1, 0.15) is 0 Å². The summed E-state index contributed by atoms with van der Waals surface area (Å²) in [5.74, 6) is 0.464. The number of piperidine rings is 2. The van der Waals surface area contributed by atoms with Crippen LogP contribution in [0.1, 0.15) is 22.3 Å². The van der Waals surface area contributed by atoms with Crippen LogP contribution in [0.4, 0.5) is 0 Å². The number of nitrogens with zero attached hydrogens (tertiary/aromatic N) is 2. The highest BCUT2D eigenvalue weighted by molar-refractivity contribution is 5.93. The molecule has 0 aromatic heterocycles. The van der Waals surface area contributed by atoms with Crippen LogP contribution in [0.3, 0.4) is 0 Å². The van der Waals surface area contributed by atoms with Crippen molar-refractivity contribution in [2.45, 2.75) is 25.9 Å². The van der Waals surface area contributed by atoms with Crippen molar-refractivity contribution in [3.63, 3.8) is 0 Å². The highest BCUT2D eigenvalue weighted by Gasteiger charge is 2.59. The Bertz CT molecular complexity index is 1220. The van der Waals surface area contributed by atoms with E-state index < -0.39 is 10.8 Å². The number of carbonyl (C=O) groups is 1. The Hall–Kier alpha value is -3.53. The fourth-order valence-electron chi connectivity index (χ4n) is 7.04. The van der Waals surface area contributed by atoms with Gasteiger partial charge in [0.05, 0.1) is 10.8 Å². The van der Waals surface area contributed by atoms with Crippen molar-refractivity contribution >= 4 is 5.78 Å². The molecule has 2 heterocycles. The zero-order valence-corrected chi connectivity index (χ0v) is 22.0. The zero-order valence-electron chi connectivity index (χ0n) is 22.0. The summed E-state index contributed by atoms with van der Waals surface area (Å²) in [7, 11) is 0. The Morgan fingerprint density at radius 2 is 0.737 bits per heavy atom. The maximum absolute atomic E-state index is 14.8. The molecule has 0 aliphatic carbocycles. The van der Waals surface area contributed by atoms with E-state index in [1.807, 2.05) is 0 Å². The first-order valence-corrected chi connectivity index (χ1v) is 13.8. The van der Waals surface area contributed by atoms with Crippen LogP contribution in [0.2, 0.25) is 0 Å². The summed E-state index contributed by atoms with van der Waals surface area (Å²) < 4.78 is 0. The van der Waals surface area contributed by atoms with E-state index in [0.29, 0.717) is 5.78 Å². The van der Waals surface area contributed by atoms with Crippen LogP contribution >= 0.6 is 0 Å². The molecule has 0 atom stereocenters. The number of fused-ring (bicyclic) bond motifs is 2. The second-order valence-electron chi connectivity index (χ2n) is 11.5. The average molecular weight is 501 g/mol. The Balaban J connectivity index is 1.41. The lowest BCUT2D eigenvalue weighted by Gasteiger charge is -2.58. The molecule has 2 aliphatic rings. The van der Waals surface area contributed by atoms with E-state index in [1.165, 1.54) is 22.3 Å². The monoisotopic (exact) mass is 500 g/mol. The highest BCUT2D eigenvalue weighted by atomic mass is 16.1. The number of benzene rings is 4. The van der Waals surface area contributed by atoms with Gasteiger partial charge in [-0.25, -0.2) is 0 Å². The summed E-state index contributed by atoms with van der Waals surface area (Å²) in [6.45, 7) is 4.91. The number of hydrogen-bond donors (Lipinski definition) is 0. The van der Waals surface area contributed by atoms with E-state index in [4.69, 9.17) is 0 Å². The van der Waals surface area contributed by atoms with E-state index in [1.54, 1.807) is 0 Å². The molecule has 3 heteroatoms. The molecule has 3 nitrogen and oxygen atoms in total. The molecule has 2 aliphatic heterocycles. The van der Waals surface area contributed by atoms with E-state index in [-0.39, 0.29) is 0 Å². The van der Waals surface area contributed by atoms with Gasteiger partial charge >= 0.3 is 0 Å². The smallest absolute Gasteiger partial charge is 0.150 e.